The van der Waals surface area contributed by atoms with E-state index in [1.165, 1.54) is 20.3 Å². The van der Waals surface area contributed by atoms with Crippen molar-refractivity contribution < 1.29 is 14.3 Å². The maximum absolute atomic E-state index is 12.8. The number of carbonyl (C=O) groups excluding carboxylic acids is 1. The Balaban J connectivity index is 1.28. The molecule has 4 heteroatoms. The van der Waals surface area contributed by atoms with Gasteiger partial charge in [0, 0.05) is 5.92 Å². The number of rotatable bonds is 7. The highest BCUT2D eigenvalue weighted by Gasteiger charge is 2.43. The fraction of sp³-hybridized carbons (Fsp3) is 0.344. The van der Waals surface area contributed by atoms with Crippen LogP contribution in [-0.2, 0) is 9.53 Å². The standard InChI is InChI=1S/C32H36O3S/c1-23-18-25-16-17-32(3,26(19-23)21-25)35-31(33)22-34-27-14-15-30(24(2)20-27)36(28-10-6-4-7-11-28)29-12-8-5-9-13-29/h4-15,18,20,23,26,36H,16-17,19,21-22H2,1-3H3. The number of allylic oxidation sites excluding steroid dienone is 2. The van der Waals surface area contributed by atoms with Crippen LogP contribution in [0.5, 0.6) is 5.75 Å². The van der Waals surface area contributed by atoms with Gasteiger partial charge in [0.15, 0.2) is 6.61 Å². The van der Waals surface area contributed by atoms with Crippen molar-refractivity contribution >= 4 is 16.9 Å². The van der Waals surface area contributed by atoms with Crippen molar-refractivity contribution in [1.29, 1.82) is 0 Å². The molecule has 2 aliphatic carbocycles. The lowest BCUT2D eigenvalue weighted by Gasteiger charge is -2.45. The second kappa shape index (κ2) is 10.6. The number of hydrogen-bond donors (Lipinski definition) is 1. The van der Waals surface area contributed by atoms with Crippen LogP contribution in [0.4, 0.5) is 0 Å². The lowest BCUT2D eigenvalue weighted by Crippen LogP contribution is -2.45. The zero-order chi connectivity index (χ0) is 25.1. The van der Waals surface area contributed by atoms with Gasteiger partial charge < -0.3 is 9.47 Å². The van der Waals surface area contributed by atoms with E-state index >= 15 is 0 Å². The van der Waals surface area contributed by atoms with E-state index in [2.05, 4.69) is 93.6 Å². The summed E-state index contributed by atoms with van der Waals surface area (Å²) in [7, 11) is -0.680. The maximum Gasteiger partial charge on any atom is 0.344 e. The first-order valence-corrected chi connectivity index (χ1v) is 14.3. The number of benzene rings is 3. The normalized spacial score (nSPS) is 23.4. The number of fused-ring (bicyclic) bond motifs is 2. The van der Waals surface area contributed by atoms with E-state index in [0.717, 1.165) is 31.2 Å². The predicted octanol–water partition coefficient (Wildman–Crippen LogP) is 7.92. The van der Waals surface area contributed by atoms with Crippen LogP contribution >= 0.6 is 10.9 Å². The molecule has 0 saturated heterocycles. The van der Waals surface area contributed by atoms with E-state index in [9.17, 15) is 4.79 Å². The SMILES string of the molecule is Cc1cc(OCC(=O)OC2(C)CCC3=CC(C)CC2C3)ccc1[SH](c1ccccc1)c1ccccc1. The van der Waals surface area contributed by atoms with Gasteiger partial charge in [-0.15, -0.1) is 0 Å². The molecule has 0 radical (unpaired) electrons. The molecular formula is C32H36O3S. The largest absolute Gasteiger partial charge is 0.482 e. The van der Waals surface area contributed by atoms with E-state index in [-0.39, 0.29) is 12.6 Å². The van der Waals surface area contributed by atoms with Crippen molar-refractivity contribution in [2.75, 3.05) is 6.61 Å². The number of thiol groups is 1. The summed E-state index contributed by atoms with van der Waals surface area (Å²) in [5.41, 5.74) is 2.30. The van der Waals surface area contributed by atoms with Gasteiger partial charge in [-0.3, -0.25) is 0 Å². The molecule has 2 aliphatic rings. The van der Waals surface area contributed by atoms with Crippen LogP contribution in [0.15, 0.2) is 105 Å². The first-order valence-electron chi connectivity index (χ1n) is 13.0. The van der Waals surface area contributed by atoms with E-state index in [4.69, 9.17) is 9.47 Å². The van der Waals surface area contributed by atoms with Crippen LogP contribution in [0.25, 0.3) is 0 Å². The van der Waals surface area contributed by atoms with E-state index < -0.39 is 16.5 Å². The number of carbonyl (C=O) groups is 1. The summed E-state index contributed by atoms with van der Waals surface area (Å²) in [5.74, 6) is 1.39. The highest BCUT2D eigenvalue weighted by atomic mass is 32.2. The number of hydrogen-bond acceptors (Lipinski definition) is 3. The first-order chi connectivity index (χ1) is 17.4. The van der Waals surface area contributed by atoms with Gasteiger partial charge in [0.1, 0.15) is 11.4 Å². The Labute approximate surface area is 217 Å². The predicted molar refractivity (Wildman–Crippen MR) is 147 cm³/mol. The number of ether oxygens (including phenoxy) is 2. The molecule has 0 spiro atoms. The molecule has 2 bridgehead atoms. The fourth-order valence-corrected chi connectivity index (χ4v) is 8.20. The van der Waals surface area contributed by atoms with Crippen molar-refractivity contribution in [3.05, 3.63) is 96.1 Å². The minimum atomic E-state index is -0.680. The molecule has 0 aromatic heterocycles. The topological polar surface area (TPSA) is 35.5 Å². The second-order valence-corrected chi connectivity index (χ2v) is 12.7. The molecule has 0 N–H and O–H groups in total. The summed E-state index contributed by atoms with van der Waals surface area (Å²) in [4.78, 5) is 16.7. The minimum Gasteiger partial charge on any atom is -0.482 e. The van der Waals surface area contributed by atoms with Crippen LogP contribution in [0.1, 0.15) is 45.1 Å². The van der Waals surface area contributed by atoms with Gasteiger partial charge >= 0.3 is 5.97 Å². The monoisotopic (exact) mass is 500 g/mol. The zero-order valence-electron chi connectivity index (χ0n) is 21.4. The van der Waals surface area contributed by atoms with E-state index in [0.29, 0.717) is 17.6 Å². The summed E-state index contributed by atoms with van der Waals surface area (Å²) in [6.07, 6.45) is 6.48. The molecule has 3 unspecified atom stereocenters. The van der Waals surface area contributed by atoms with Crippen molar-refractivity contribution in [2.45, 2.75) is 66.7 Å². The third-order valence-corrected chi connectivity index (χ3v) is 10.2. The third-order valence-electron chi connectivity index (χ3n) is 7.63. The quantitative estimate of drug-likeness (QED) is 0.203. The average Bonchev–Trinajstić information content (AvgIpc) is 2.88. The molecule has 0 heterocycles. The number of aryl methyl sites for hydroxylation is 1. The molecule has 3 aromatic carbocycles. The van der Waals surface area contributed by atoms with Crippen molar-refractivity contribution in [3.63, 3.8) is 0 Å². The Kier molecular flexibility index (Phi) is 7.25. The van der Waals surface area contributed by atoms with Crippen LogP contribution in [0.3, 0.4) is 0 Å². The van der Waals surface area contributed by atoms with Crippen molar-refractivity contribution in [2.24, 2.45) is 11.8 Å². The Hall–Kier alpha value is -2.98. The van der Waals surface area contributed by atoms with Crippen LogP contribution < -0.4 is 4.74 Å². The third kappa shape index (κ3) is 5.39. The Morgan fingerprint density at radius 2 is 1.67 bits per heavy atom. The van der Waals surface area contributed by atoms with Gasteiger partial charge in [-0.1, -0.05) is 55.0 Å². The van der Waals surface area contributed by atoms with Crippen molar-refractivity contribution in [1.82, 2.24) is 0 Å². The Morgan fingerprint density at radius 3 is 2.31 bits per heavy atom. The highest BCUT2D eigenvalue weighted by molar-refractivity contribution is 8.17. The summed E-state index contributed by atoms with van der Waals surface area (Å²) in [5, 5.41) is 0. The molecule has 3 nitrogen and oxygen atoms in total. The molecule has 36 heavy (non-hydrogen) atoms. The van der Waals surface area contributed by atoms with Gasteiger partial charge in [-0.05, 0) is 108 Å². The highest BCUT2D eigenvalue weighted by Crippen LogP contribution is 2.52. The van der Waals surface area contributed by atoms with Gasteiger partial charge in [0.2, 0.25) is 0 Å². The van der Waals surface area contributed by atoms with E-state index in [1.807, 2.05) is 12.1 Å². The molecule has 1 saturated carbocycles. The minimum absolute atomic E-state index is 0.0640. The summed E-state index contributed by atoms with van der Waals surface area (Å²) in [6, 6.07) is 27.5. The molecule has 5 rings (SSSR count). The van der Waals surface area contributed by atoms with Crippen LogP contribution in [0.2, 0.25) is 0 Å². The maximum atomic E-state index is 12.8. The van der Waals surface area contributed by atoms with Gasteiger partial charge in [-0.2, -0.15) is 10.9 Å². The zero-order valence-corrected chi connectivity index (χ0v) is 22.3. The summed E-state index contributed by atoms with van der Waals surface area (Å²) < 4.78 is 12.0. The van der Waals surface area contributed by atoms with Gasteiger partial charge in [0.25, 0.3) is 0 Å². The Bertz CT molecular complexity index is 1200. The van der Waals surface area contributed by atoms with E-state index in [1.54, 1.807) is 0 Å². The fourth-order valence-electron chi connectivity index (χ4n) is 5.77. The molecule has 0 amide bonds. The molecule has 0 aliphatic heterocycles. The lowest BCUT2D eigenvalue weighted by atomic mass is 9.67. The molecular weight excluding hydrogens is 464 g/mol. The van der Waals surface area contributed by atoms with Crippen molar-refractivity contribution in [3.8, 4) is 5.75 Å². The summed E-state index contributed by atoms with van der Waals surface area (Å²) >= 11 is 0. The second-order valence-electron chi connectivity index (χ2n) is 10.5. The average molecular weight is 501 g/mol. The van der Waals surface area contributed by atoms with Gasteiger partial charge in [0.05, 0.1) is 0 Å². The lowest BCUT2D eigenvalue weighted by molar-refractivity contribution is -0.170. The molecule has 3 atom stereocenters. The smallest absolute Gasteiger partial charge is 0.344 e. The molecule has 1 fully saturated rings. The first kappa shape index (κ1) is 24.7. The summed E-state index contributed by atoms with van der Waals surface area (Å²) in [6.45, 7) is 6.43. The van der Waals surface area contributed by atoms with Crippen LogP contribution in [0, 0.1) is 18.8 Å². The van der Waals surface area contributed by atoms with Gasteiger partial charge in [-0.25, -0.2) is 4.79 Å². The van der Waals surface area contributed by atoms with Crippen LogP contribution in [-0.4, -0.2) is 18.2 Å². The number of esters is 1. The molecule has 188 valence electrons. The molecule has 3 aromatic rings. The Morgan fingerprint density at radius 1 is 1.00 bits per heavy atom.